The lowest BCUT2D eigenvalue weighted by molar-refractivity contribution is -0.139. The summed E-state index contributed by atoms with van der Waals surface area (Å²) in [4.78, 5) is 22.9. The zero-order valence-corrected chi connectivity index (χ0v) is 11.6. The van der Waals surface area contributed by atoms with E-state index in [4.69, 9.17) is 0 Å². The summed E-state index contributed by atoms with van der Waals surface area (Å²) in [6.07, 6.45) is 2.89. The summed E-state index contributed by atoms with van der Waals surface area (Å²) < 4.78 is 0. The Morgan fingerprint density at radius 2 is 1.04 bits per heavy atom. The van der Waals surface area contributed by atoms with Crippen molar-refractivity contribution in [2.45, 2.75) is 7.43 Å². The van der Waals surface area contributed by atoms with Crippen LogP contribution >= 0.6 is 0 Å². The summed E-state index contributed by atoms with van der Waals surface area (Å²) in [5, 5.41) is 7.38. The molecule has 0 fully saturated rings. The molecule has 118 valence electrons. The zero-order valence-electron chi connectivity index (χ0n) is 11.6. The first-order chi connectivity index (χ1) is 10.8. The van der Waals surface area contributed by atoms with Gasteiger partial charge in [0.15, 0.2) is 0 Å². The third-order valence-corrected chi connectivity index (χ3v) is 2.56. The summed E-state index contributed by atoms with van der Waals surface area (Å²) in [5.41, 5.74) is 5.87. The number of hydrazone groups is 2. The fourth-order valence-corrected chi connectivity index (χ4v) is 1.51. The first-order valence-electron chi connectivity index (χ1n) is 6.52. The molecule has 0 spiro atoms. The molecule has 2 N–H and O–H groups in total. The maximum absolute atomic E-state index is 11.5. The number of hydrogen-bond acceptors (Lipinski definition) is 4. The summed E-state index contributed by atoms with van der Waals surface area (Å²) in [6, 6.07) is 18.4. The lowest BCUT2D eigenvalue weighted by Crippen LogP contribution is -2.35. The number of nitrogens with zero attached hydrogens (tertiary/aromatic N) is 2. The smallest absolute Gasteiger partial charge is 0.262 e. The Morgan fingerprint density at radius 3 is 1.39 bits per heavy atom. The van der Waals surface area contributed by atoms with Gasteiger partial charge in [-0.25, -0.2) is 10.9 Å². The molecule has 0 unspecified atom stereocenters. The molecule has 6 heteroatoms. The molecule has 0 heterocycles. The minimum Gasteiger partial charge on any atom is -0.262 e. The number of nitrogens with one attached hydrogen (secondary N) is 2. The van der Waals surface area contributed by atoms with Crippen LogP contribution in [0.25, 0.3) is 0 Å². The van der Waals surface area contributed by atoms with Gasteiger partial charge in [0, 0.05) is 0 Å². The van der Waals surface area contributed by atoms with Crippen LogP contribution in [-0.2, 0) is 9.59 Å². The summed E-state index contributed by atoms with van der Waals surface area (Å²) in [7, 11) is 0. The fraction of sp³-hybridized carbons (Fsp3) is 0.0588. The van der Waals surface area contributed by atoms with Crippen LogP contribution in [0.1, 0.15) is 18.6 Å². The predicted octanol–water partition coefficient (Wildman–Crippen LogP) is 1.92. The standard InChI is InChI=1S/C16H14N4O2.CH4/c21-15(19-17-11-13-7-3-1-4-8-13)16(22)20-18-12-14-9-5-2-6-10-14;/h1-12H,(H,19,21)(H,20,22);1H4. The van der Waals surface area contributed by atoms with Crippen molar-refractivity contribution < 1.29 is 9.59 Å². The van der Waals surface area contributed by atoms with Crippen molar-refractivity contribution in [2.24, 2.45) is 10.2 Å². The highest BCUT2D eigenvalue weighted by Gasteiger charge is 2.10. The van der Waals surface area contributed by atoms with Crippen molar-refractivity contribution in [3.05, 3.63) is 71.8 Å². The molecule has 0 saturated carbocycles. The quantitative estimate of drug-likeness (QED) is 0.514. The maximum Gasteiger partial charge on any atom is 0.331 e. The Bertz CT molecular complexity index is 621. The third kappa shape index (κ3) is 6.34. The van der Waals surface area contributed by atoms with Crippen molar-refractivity contribution in [3.63, 3.8) is 0 Å². The predicted molar refractivity (Wildman–Crippen MR) is 91.1 cm³/mol. The molecule has 0 radical (unpaired) electrons. The molecule has 0 bridgehead atoms. The molecule has 2 amide bonds. The van der Waals surface area contributed by atoms with E-state index in [9.17, 15) is 9.59 Å². The summed E-state index contributed by atoms with van der Waals surface area (Å²) in [5.74, 6) is -1.78. The molecule has 6 nitrogen and oxygen atoms in total. The summed E-state index contributed by atoms with van der Waals surface area (Å²) >= 11 is 0. The second-order valence-corrected chi connectivity index (χ2v) is 4.22. The minimum absolute atomic E-state index is 0. The zero-order chi connectivity index (χ0) is 15.6. The lowest BCUT2D eigenvalue weighted by Gasteiger charge is -1.98. The second kappa shape index (κ2) is 9.62. The van der Waals surface area contributed by atoms with Gasteiger partial charge in [0.2, 0.25) is 0 Å². The van der Waals surface area contributed by atoms with E-state index in [1.807, 2.05) is 60.7 Å². The number of hydrogen-bond donors (Lipinski definition) is 2. The highest BCUT2D eigenvalue weighted by Crippen LogP contribution is 1.94. The van der Waals surface area contributed by atoms with E-state index in [1.165, 1.54) is 12.4 Å². The van der Waals surface area contributed by atoms with E-state index in [2.05, 4.69) is 21.1 Å². The normalized spacial score (nSPS) is 10.3. The lowest BCUT2D eigenvalue weighted by atomic mass is 10.2. The average Bonchev–Trinajstić information content (AvgIpc) is 2.56. The van der Waals surface area contributed by atoms with Gasteiger partial charge in [-0.3, -0.25) is 9.59 Å². The minimum atomic E-state index is -0.891. The molecule has 0 saturated heterocycles. The van der Waals surface area contributed by atoms with Crippen molar-refractivity contribution in [1.82, 2.24) is 10.9 Å². The number of carbonyl (C=O) groups is 2. The van der Waals surface area contributed by atoms with Crippen LogP contribution < -0.4 is 10.9 Å². The van der Waals surface area contributed by atoms with Crippen LogP contribution in [0.5, 0.6) is 0 Å². The van der Waals surface area contributed by atoms with E-state index in [-0.39, 0.29) is 7.43 Å². The van der Waals surface area contributed by atoms with E-state index in [1.54, 1.807) is 0 Å². The van der Waals surface area contributed by atoms with Gasteiger partial charge in [-0.2, -0.15) is 10.2 Å². The van der Waals surface area contributed by atoms with Gasteiger partial charge < -0.3 is 0 Å². The van der Waals surface area contributed by atoms with Gasteiger partial charge in [0.05, 0.1) is 12.4 Å². The van der Waals surface area contributed by atoms with Gasteiger partial charge in [-0.15, -0.1) is 0 Å². The van der Waals surface area contributed by atoms with Gasteiger partial charge >= 0.3 is 11.8 Å². The van der Waals surface area contributed by atoms with Crippen LogP contribution in [0, 0.1) is 0 Å². The van der Waals surface area contributed by atoms with Crippen molar-refractivity contribution in [1.29, 1.82) is 0 Å². The van der Waals surface area contributed by atoms with Crippen molar-refractivity contribution in [3.8, 4) is 0 Å². The van der Waals surface area contributed by atoms with E-state index in [0.717, 1.165) is 11.1 Å². The Morgan fingerprint density at radius 1 is 0.696 bits per heavy atom. The van der Waals surface area contributed by atoms with E-state index < -0.39 is 11.8 Å². The topological polar surface area (TPSA) is 82.9 Å². The molecular weight excluding hydrogens is 292 g/mol. The van der Waals surface area contributed by atoms with Crippen LogP contribution in [0.4, 0.5) is 0 Å². The number of amides is 2. The van der Waals surface area contributed by atoms with Crippen LogP contribution in [0.15, 0.2) is 70.9 Å². The molecular formula is C17H18N4O2. The molecule has 0 aromatic heterocycles. The summed E-state index contributed by atoms with van der Waals surface area (Å²) in [6.45, 7) is 0. The highest BCUT2D eigenvalue weighted by atomic mass is 16.2. The molecule has 0 aliphatic rings. The van der Waals surface area contributed by atoms with Gasteiger partial charge in [-0.05, 0) is 11.1 Å². The number of carbonyl (C=O) groups excluding carboxylic acids is 2. The number of benzene rings is 2. The van der Waals surface area contributed by atoms with Gasteiger partial charge in [0.25, 0.3) is 0 Å². The van der Waals surface area contributed by atoms with Gasteiger partial charge in [-0.1, -0.05) is 68.1 Å². The largest absolute Gasteiger partial charge is 0.331 e. The average molecular weight is 310 g/mol. The molecule has 0 aliphatic carbocycles. The molecule has 23 heavy (non-hydrogen) atoms. The van der Waals surface area contributed by atoms with Crippen LogP contribution in [-0.4, -0.2) is 24.2 Å². The highest BCUT2D eigenvalue weighted by molar-refractivity contribution is 6.35. The molecule has 0 atom stereocenters. The Hall–Kier alpha value is -3.28. The monoisotopic (exact) mass is 310 g/mol. The molecule has 2 aromatic carbocycles. The first kappa shape index (κ1) is 17.8. The van der Waals surface area contributed by atoms with Crippen LogP contribution in [0.2, 0.25) is 0 Å². The van der Waals surface area contributed by atoms with E-state index in [0.29, 0.717) is 0 Å². The molecule has 2 aromatic rings. The fourth-order valence-electron chi connectivity index (χ4n) is 1.51. The first-order valence-corrected chi connectivity index (χ1v) is 6.52. The van der Waals surface area contributed by atoms with Crippen LogP contribution in [0.3, 0.4) is 0 Å². The third-order valence-electron chi connectivity index (χ3n) is 2.56. The van der Waals surface area contributed by atoms with Crippen molar-refractivity contribution >= 4 is 24.2 Å². The Balaban J connectivity index is 0.00000264. The maximum atomic E-state index is 11.5. The van der Waals surface area contributed by atoms with Gasteiger partial charge in [0.1, 0.15) is 0 Å². The Labute approximate surface area is 134 Å². The van der Waals surface area contributed by atoms with Crippen molar-refractivity contribution in [2.75, 3.05) is 0 Å². The number of rotatable bonds is 4. The molecule has 0 aliphatic heterocycles. The molecule has 2 rings (SSSR count). The van der Waals surface area contributed by atoms with E-state index >= 15 is 0 Å². The Kier molecular flexibility index (Phi) is 7.43. The SMILES string of the molecule is C.O=C(NN=Cc1ccccc1)C(=O)NN=Cc1ccccc1. The second-order valence-electron chi connectivity index (χ2n) is 4.22.